The second-order valence-electron chi connectivity index (χ2n) is 10.7. The third kappa shape index (κ3) is 4.71. The molecule has 0 amide bonds. The summed E-state index contributed by atoms with van der Waals surface area (Å²) in [5, 5.41) is 8.30. The minimum absolute atomic E-state index is 0.00277. The Morgan fingerprint density at radius 2 is 1.74 bits per heavy atom. The number of alkyl halides is 3. The fourth-order valence-corrected chi connectivity index (χ4v) is 8.61. The number of rotatable bonds is 6. The molecule has 2 heterocycles. The maximum absolute atomic E-state index is 14.0. The predicted octanol–water partition coefficient (Wildman–Crippen LogP) is 5.11. The maximum atomic E-state index is 14.0. The van der Waals surface area contributed by atoms with Crippen molar-refractivity contribution in [3.63, 3.8) is 0 Å². The lowest BCUT2D eigenvalue weighted by molar-refractivity contribution is -0.137. The van der Waals surface area contributed by atoms with E-state index in [1.54, 1.807) is 0 Å². The zero-order valence-electron chi connectivity index (χ0n) is 20.0. The summed E-state index contributed by atoms with van der Waals surface area (Å²) in [6.45, 7) is 0. The van der Waals surface area contributed by atoms with Gasteiger partial charge in [0.2, 0.25) is 11.9 Å². The molecule has 0 radical (unpaired) electrons. The van der Waals surface area contributed by atoms with Crippen molar-refractivity contribution in [1.29, 1.82) is 0 Å². The van der Waals surface area contributed by atoms with Crippen LogP contribution < -0.4 is 15.8 Å². The molecular weight excluding hydrogens is 543 g/mol. The highest BCUT2D eigenvalue weighted by Crippen LogP contribution is 2.56. The van der Waals surface area contributed by atoms with Crippen LogP contribution in [0.25, 0.3) is 11.1 Å². The topological polar surface area (TPSA) is 139 Å². The molecule has 4 aliphatic rings. The van der Waals surface area contributed by atoms with E-state index in [9.17, 15) is 21.6 Å². The largest absolute Gasteiger partial charge is 0.417 e. The molecule has 4 fully saturated rings. The van der Waals surface area contributed by atoms with Gasteiger partial charge in [-0.15, -0.1) is 5.10 Å². The minimum atomic E-state index is -4.76. The quantitative estimate of drug-likeness (QED) is 0.324. The van der Waals surface area contributed by atoms with Gasteiger partial charge < -0.3 is 11.1 Å². The predicted molar refractivity (Wildman–Crippen MR) is 135 cm³/mol. The van der Waals surface area contributed by atoms with E-state index in [4.69, 9.17) is 17.3 Å². The summed E-state index contributed by atoms with van der Waals surface area (Å²) in [6.07, 6.45) is 2.29. The van der Waals surface area contributed by atoms with E-state index in [1.165, 1.54) is 18.2 Å². The number of halogens is 4. The standard InChI is InChI=1S/C24H25ClF3N7O2S/c25-18-7-16(31-22-32-21(29)33-34-22)6-17(24(26,27)28)20(18)15-1-2-19(30-11-15)38(36,37)35-23-8-12-3-13(9-23)5-14(4-12)10-23/h1-2,6-7,11-14,35H,3-5,8-10H2,(H4,29,31,32,33,34). The molecule has 3 aromatic rings. The summed E-state index contributed by atoms with van der Waals surface area (Å²) in [4.78, 5) is 7.86. The fraction of sp³-hybridized carbons (Fsp3) is 0.458. The van der Waals surface area contributed by atoms with Crippen molar-refractivity contribution in [3.8, 4) is 11.1 Å². The average molecular weight is 568 g/mol. The fourth-order valence-electron chi connectivity index (χ4n) is 6.92. The van der Waals surface area contributed by atoms with Gasteiger partial charge in [-0.25, -0.2) is 23.2 Å². The van der Waals surface area contributed by atoms with E-state index in [1.807, 2.05) is 0 Å². The van der Waals surface area contributed by atoms with E-state index in [2.05, 4.69) is 30.2 Å². The number of pyridine rings is 1. The average Bonchev–Trinajstić information content (AvgIpc) is 3.21. The molecule has 0 aliphatic heterocycles. The van der Waals surface area contributed by atoms with Crippen LogP contribution in [0.4, 0.5) is 30.8 Å². The third-order valence-corrected chi connectivity index (χ3v) is 9.64. The number of nitrogens with zero attached hydrogens (tertiary/aromatic N) is 3. The highest BCUT2D eigenvalue weighted by atomic mass is 35.5. The van der Waals surface area contributed by atoms with Crippen molar-refractivity contribution in [3.05, 3.63) is 41.0 Å². The molecule has 0 spiro atoms. The number of aromatic nitrogens is 4. The Bertz CT molecular complexity index is 1460. The van der Waals surface area contributed by atoms with Gasteiger partial charge in [0, 0.05) is 28.6 Å². The summed E-state index contributed by atoms with van der Waals surface area (Å²) in [7, 11) is -3.96. The van der Waals surface area contributed by atoms with Gasteiger partial charge in [-0.3, -0.25) is 0 Å². The normalized spacial score (nSPS) is 26.6. The summed E-state index contributed by atoms with van der Waals surface area (Å²) in [5.41, 5.74) is 3.68. The van der Waals surface area contributed by atoms with Crippen molar-refractivity contribution in [2.45, 2.75) is 55.3 Å². The number of nitrogen functional groups attached to an aromatic ring is 1. The molecule has 2 aromatic heterocycles. The molecule has 7 rings (SSSR count). The van der Waals surface area contributed by atoms with Crippen LogP contribution >= 0.6 is 11.6 Å². The van der Waals surface area contributed by atoms with Crippen LogP contribution in [-0.4, -0.2) is 34.1 Å². The lowest BCUT2D eigenvalue weighted by atomic mass is 9.53. The van der Waals surface area contributed by atoms with E-state index in [0.717, 1.165) is 50.8 Å². The van der Waals surface area contributed by atoms with Crippen molar-refractivity contribution in [2.24, 2.45) is 17.8 Å². The molecule has 9 nitrogen and oxygen atoms in total. The Hall–Kier alpha value is -2.90. The Kier molecular flexibility index (Phi) is 5.89. The van der Waals surface area contributed by atoms with E-state index in [0.29, 0.717) is 17.8 Å². The van der Waals surface area contributed by atoms with E-state index < -0.39 is 27.3 Å². The molecule has 14 heteroatoms. The summed E-state index contributed by atoms with van der Waals surface area (Å²) < 4.78 is 71.6. The molecule has 5 N–H and O–H groups in total. The second kappa shape index (κ2) is 8.82. The first-order chi connectivity index (χ1) is 17.9. The SMILES string of the molecule is Nc1nc(Nc2cc(Cl)c(-c3ccc(S(=O)(=O)NC45CC6CC(CC(C6)C4)C5)nc3)c(C(F)(F)F)c2)n[nH]1. The van der Waals surface area contributed by atoms with Gasteiger partial charge >= 0.3 is 6.18 Å². The van der Waals surface area contributed by atoms with Crippen LogP contribution in [0.2, 0.25) is 5.02 Å². The zero-order chi connectivity index (χ0) is 26.9. The van der Waals surface area contributed by atoms with Crippen LogP contribution in [0.1, 0.15) is 44.1 Å². The Morgan fingerprint density at radius 1 is 1.08 bits per heavy atom. The zero-order valence-corrected chi connectivity index (χ0v) is 21.6. The van der Waals surface area contributed by atoms with Crippen molar-refractivity contribution >= 4 is 39.2 Å². The van der Waals surface area contributed by atoms with E-state index in [-0.39, 0.29) is 38.8 Å². The number of H-pyrrole nitrogens is 1. The first-order valence-corrected chi connectivity index (χ1v) is 14.1. The first kappa shape index (κ1) is 25.4. The van der Waals surface area contributed by atoms with Crippen LogP contribution in [-0.2, 0) is 16.2 Å². The first-order valence-electron chi connectivity index (χ1n) is 12.3. The number of nitrogens with one attached hydrogen (secondary N) is 3. The maximum Gasteiger partial charge on any atom is 0.417 e. The molecule has 38 heavy (non-hydrogen) atoms. The second-order valence-corrected chi connectivity index (χ2v) is 12.8. The molecule has 4 aliphatic carbocycles. The number of benzene rings is 1. The molecule has 0 atom stereocenters. The van der Waals surface area contributed by atoms with Gasteiger partial charge in [0.15, 0.2) is 5.03 Å². The molecular formula is C24H25ClF3N7O2S. The highest BCUT2D eigenvalue weighted by Gasteiger charge is 2.52. The van der Waals surface area contributed by atoms with Gasteiger partial charge in [-0.05, 0) is 80.5 Å². The van der Waals surface area contributed by atoms with Crippen molar-refractivity contribution in [1.82, 2.24) is 24.9 Å². The van der Waals surface area contributed by atoms with Crippen LogP contribution in [0.15, 0.2) is 35.5 Å². The van der Waals surface area contributed by atoms with Gasteiger partial charge in [-0.2, -0.15) is 18.2 Å². The van der Waals surface area contributed by atoms with Gasteiger partial charge in [0.25, 0.3) is 10.0 Å². The molecule has 1 aromatic carbocycles. The Morgan fingerprint density at radius 3 is 2.26 bits per heavy atom. The van der Waals surface area contributed by atoms with Crippen LogP contribution in [0.3, 0.4) is 0 Å². The van der Waals surface area contributed by atoms with E-state index >= 15 is 0 Å². The third-order valence-electron chi connectivity index (χ3n) is 7.84. The van der Waals surface area contributed by atoms with Crippen LogP contribution in [0, 0.1) is 17.8 Å². The van der Waals surface area contributed by atoms with Gasteiger partial charge in [0.1, 0.15) is 0 Å². The number of nitrogens with two attached hydrogens (primary N) is 1. The Balaban J connectivity index is 1.29. The minimum Gasteiger partial charge on any atom is -0.368 e. The number of sulfonamides is 1. The van der Waals surface area contributed by atoms with Crippen molar-refractivity contribution in [2.75, 3.05) is 11.1 Å². The number of aromatic amines is 1. The number of hydrogen-bond donors (Lipinski definition) is 4. The summed E-state index contributed by atoms with van der Waals surface area (Å²) >= 11 is 6.31. The van der Waals surface area contributed by atoms with Crippen LogP contribution in [0.5, 0.6) is 0 Å². The monoisotopic (exact) mass is 567 g/mol. The molecule has 202 valence electrons. The highest BCUT2D eigenvalue weighted by molar-refractivity contribution is 7.89. The summed E-state index contributed by atoms with van der Waals surface area (Å²) in [5.74, 6) is 1.59. The lowest BCUT2D eigenvalue weighted by Crippen LogP contribution is -2.59. The number of hydrogen-bond acceptors (Lipinski definition) is 7. The van der Waals surface area contributed by atoms with Crippen molar-refractivity contribution < 1.29 is 21.6 Å². The molecule has 4 bridgehead atoms. The van der Waals surface area contributed by atoms with Gasteiger partial charge in [0.05, 0.1) is 10.6 Å². The Labute approximate surface area is 221 Å². The van der Waals surface area contributed by atoms with Gasteiger partial charge in [-0.1, -0.05) is 11.6 Å². The molecule has 0 unspecified atom stereocenters. The molecule has 4 saturated carbocycles. The number of anilines is 3. The molecule has 0 saturated heterocycles. The lowest BCUT2D eigenvalue weighted by Gasteiger charge is -2.56. The smallest absolute Gasteiger partial charge is 0.368 e. The summed E-state index contributed by atoms with van der Waals surface area (Å²) in [6, 6.07) is 4.67.